The number of methoxy groups -OCH3 is 2. The van der Waals surface area contributed by atoms with E-state index >= 15 is 0 Å². The lowest BCUT2D eigenvalue weighted by Crippen LogP contribution is -2.29. The van der Waals surface area contributed by atoms with Crippen molar-refractivity contribution in [2.45, 2.75) is 19.3 Å². The second-order valence-electron chi connectivity index (χ2n) is 8.30. The van der Waals surface area contributed by atoms with Gasteiger partial charge in [-0.2, -0.15) is 0 Å². The largest absolute Gasteiger partial charge is 0.493 e. The SMILES string of the molecule is COc1ccc(-c2nc(N(C)C(=O)OC3=CCCCC3=O)cc3c2[nH]c2ccccc23)cc1OC. The number of carbonyl (C=O) groups excluding carboxylic acids is 2. The van der Waals surface area contributed by atoms with Crippen molar-refractivity contribution in [3.63, 3.8) is 0 Å². The van der Waals surface area contributed by atoms with Crippen LogP contribution in [0.5, 0.6) is 11.5 Å². The molecule has 0 radical (unpaired) electrons. The van der Waals surface area contributed by atoms with Crippen molar-refractivity contribution in [1.29, 1.82) is 0 Å². The summed E-state index contributed by atoms with van der Waals surface area (Å²) in [5.41, 5.74) is 3.20. The van der Waals surface area contributed by atoms with Gasteiger partial charge in [-0.05, 0) is 49.2 Å². The molecule has 1 aliphatic carbocycles. The third kappa shape index (κ3) is 4.07. The van der Waals surface area contributed by atoms with Crippen LogP contribution in [-0.2, 0) is 9.53 Å². The minimum absolute atomic E-state index is 0.0985. The Hall–Kier alpha value is -4.33. The molecule has 0 saturated heterocycles. The number of pyridine rings is 1. The molecular weight excluding hydrogens is 446 g/mol. The average Bonchev–Trinajstić information content (AvgIpc) is 3.27. The van der Waals surface area contributed by atoms with Gasteiger partial charge in [0.05, 0.1) is 25.4 Å². The Morgan fingerprint density at radius 3 is 2.60 bits per heavy atom. The van der Waals surface area contributed by atoms with E-state index in [0.29, 0.717) is 35.9 Å². The fraction of sp³-hybridized carbons (Fsp3) is 0.222. The molecule has 0 fully saturated rings. The van der Waals surface area contributed by atoms with E-state index < -0.39 is 6.09 Å². The maximum absolute atomic E-state index is 13.0. The van der Waals surface area contributed by atoms with Crippen LogP contribution in [0.2, 0.25) is 0 Å². The first-order chi connectivity index (χ1) is 17.0. The van der Waals surface area contributed by atoms with E-state index in [1.807, 2.05) is 48.5 Å². The summed E-state index contributed by atoms with van der Waals surface area (Å²) in [5, 5.41) is 1.91. The van der Waals surface area contributed by atoms with Gasteiger partial charge < -0.3 is 19.2 Å². The molecule has 8 heteroatoms. The lowest BCUT2D eigenvalue weighted by molar-refractivity contribution is -0.118. The van der Waals surface area contributed by atoms with Gasteiger partial charge in [0.25, 0.3) is 0 Å². The maximum atomic E-state index is 13.0. The Balaban J connectivity index is 1.64. The molecule has 0 bridgehead atoms. The van der Waals surface area contributed by atoms with E-state index in [9.17, 15) is 9.59 Å². The van der Waals surface area contributed by atoms with Gasteiger partial charge in [0, 0.05) is 35.3 Å². The normalized spacial score (nSPS) is 13.6. The van der Waals surface area contributed by atoms with Gasteiger partial charge in [-0.1, -0.05) is 18.2 Å². The quantitative estimate of drug-likeness (QED) is 0.407. The Morgan fingerprint density at radius 1 is 1.03 bits per heavy atom. The second kappa shape index (κ2) is 9.13. The zero-order valence-electron chi connectivity index (χ0n) is 19.8. The van der Waals surface area contributed by atoms with Crippen LogP contribution in [0.1, 0.15) is 19.3 Å². The molecule has 0 spiro atoms. The predicted octanol–water partition coefficient (Wildman–Crippen LogP) is 5.61. The number of aromatic amines is 1. The highest BCUT2D eigenvalue weighted by atomic mass is 16.6. The van der Waals surface area contributed by atoms with Gasteiger partial charge in [-0.25, -0.2) is 9.78 Å². The number of Topliss-reactive ketones (excluding diaryl/α,β-unsaturated/α-hetero) is 1. The van der Waals surface area contributed by atoms with Gasteiger partial charge in [-0.3, -0.25) is 9.69 Å². The van der Waals surface area contributed by atoms with Crippen molar-refractivity contribution in [2.75, 3.05) is 26.2 Å². The number of hydrogen-bond donors (Lipinski definition) is 1. The second-order valence-corrected chi connectivity index (χ2v) is 8.30. The zero-order chi connectivity index (χ0) is 24.5. The van der Waals surface area contributed by atoms with Crippen molar-refractivity contribution in [2.24, 2.45) is 0 Å². The lowest BCUT2D eigenvalue weighted by atomic mass is 10.1. The minimum Gasteiger partial charge on any atom is -0.493 e. The van der Waals surface area contributed by atoms with Crippen LogP contribution in [-0.4, -0.2) is 43.1 Å². The summed E-state index contributed by atoms with van der Waals surface area (Å²) in [7, 11) is 4.74. The Bertz CT molecular complexity index is 1490. The van der Waals surface area contributed by atoms with E-state index in [1.165, 1.54) is 4.90 Å². The summed E-state index contributed by atoms with van der Waals surface area (Å²) in [6, 6.07) is 15.3. The fourth-order valence-electron chi connectivity index (χ4n) is 4.28. The maximum Gasteiger partial charge on any atom is 0.420 e. The first-order valence-corrected chi connectivity index (χ1v) is 11.3. The molecule has 1 N–H and O–H groups in total. The fourth-order valence-corrected chi connectivity index (χ4v) is 4.28. The van der Waals surface area contributed by atoms with Gasteiger partial charge in [0.1, 0.15) is 5.82 Å². The van der Waals surface area contributed by atoms with Crippen molar-refractivity contribution in [3.8, 4) is 22.8 Å². The molecule has 5 rings (SSSR count). The molecule has 0 unspecified atom stereocenters. The average molecular weight is 472 g/mol. The number of nitrogens with zero attached hydrogens (tertiary/aromatic N) is 2. The van der Waals surface area contributed by atoms with Gasteiger partial charge in [0.15, 0.2) is 23.0 Å². The summed E-state index contributed by atoms with van der Waals surface area (Å²) >= 11 is 0. The van der Waals surface area contributed by atoms with E-state index in [4.69, 9.17) is 19.2 Å². The molecule has 2 heterocycles. The number of ketones is 1. The van der Waals surface area contributed by atoms with E-state index in [2.05, 4.69) is 4.98 Å². The van der Waals surface area contributed by atoms with Crippen LogP contribution in [0.4, 0.5) is 10.6 Å². The van der Waals surface area contributed by atoms with Crippen LogP contribution < -0.4 is 14.4 Å². The number of anilines is 1. The third-order valence-corrected chi connectivity index (χ3v) is 6.17. The third-order valence-electron chi connectivity index (χ3n) is 6.17. The van der Waals surface area contributed by atoms with Crippen LogP contribution >= 0.6 is 0 Å². The molecule has 0 saturated carbocycles. The number of amides is 1. The van der Waals surface area contributed by atoms with Crippen molar-refractivity contribution in [1.82, 2.24) is 9.97 Å². The van der Waals surface area contributed by atoms with Crippen molar-refractivity contribution in [3.05, 3.63) is 60.4 Å². The highest BCUT2D eigenvalue weighted by Crippen LogP contribution is 2.38. The Kier molecular flexibility index (Phi) is 5.86. The minimum atomic E-state index is -0.670. The van der Waals surface area contributed by atoms with E-state index in [1.54, 1.807) is 27.3 Å². The van der Waals surface area contributed by atoms with Crippen molar-refractivity contribution < 1.29 is 23.8 Å². The van der Waals surface area contributed by atoms with Crippen LogP contribution in [0.3, 0.4) is 0 Å². The van der Waals surface area contributed by atoms with E-state index in [0.717, 1.165) is 33.8 Å². The number of fused-ring (bicyclic) bond motifs is 3. The first kappa shape index (κ1) is 22.5. The topological polar surface area (TPSA) is 93.7 Å². The number of para-hydroxylation sites is 1. The highest BCUT2D eigenvalue weighted by Gasteiger charge is 2.24. The van der Waals surface area contributed by atoms with Crippen LogP contribution in [0, 0.1) is 0 Å². The zero-order valence-corrected chi connectivity index (χ0v) is 19.8. The first-order valence-electron chi connectivity index (χ1n) is 11.3. The smallest absolute Gasteiger partial charge is 0.420 e. The molecule has 178 valence electrons. The number of hydrogen-bond acceptors (Lipinski definition) is 6. The molecule has 1 aliphatic rings. The number of H-pyrrole nitrogens is 1. The molecule has 35 heavy (non-hydrogen) atoms. The molecule has 2 aromatic carbocycles. The summed E-state index contributed by atoms with van der Waals surface area (Å²) < 4.78 is 16.3. The monoisotopic (exact) mass is 471 g/mol. The Morgan fingerprint density at radius 2 is 1.83 bits per heavy atom. The van der Waals surface area contributed by atoms with E-state index in [-0.39, 0.29) is 11.5 Å². The number of nitrogens with one attached hydrogen (secondary N) is 1. The number of benzene rings is 2. The number of carbonyl (C=O) groups is 2. The summed E-state index contributed by atoms with van der Waals surface area (Å²) in [4.78, 5) is 34.7. The predicted molar refractivity (Wildman–Crippen MR) is 134 cm³/mol. The van der Waals surface area contributed by atoms with Crippen LogP contribution in [0.15, 0.2) is 60.4 Å². The van der Waals surface area contributed by atoms with Gasteiger partial charge >= 0.3 is 6.09 Å². The Labute approximate surface area is 202 Å². The molecule has 1 amide bonds. The highest BCUT2D eigenvalue weighted by molar-refractivity contribution is 6.12. The van der Waals surface area contributed by atoms with Gasteiger partial charge in [0.2, 0.25) is 0 Å². The number of ether oxygens (including phenoxy) is 3. The summed E-state index contributed by atoms with van der Waals surface area (Å²) in [6.07, 6.45) is 2.86. The molecule has 0 atom stereocenters. The summed E-state index contributed by atoms with van der Waals surface area (Å²) in [6.45, 7) is 0. The lowest BCUT2D eigenvalue weighted by Gasteiger charge is -2.19. The number of aromatic nitrogens is 2. The van der Waals surface area contributed by atoms with Crippen LogP contribution in [0.25, 0.3) is 33.1 Å². The molecule has 4 aromatic rings. The van der Waals surface area contributed by atoms with Crippen molar-refractivity contribution >= 4 is 39.5 Å². The van der Waals surface area contributed by atoms with Gasteiger partial charge in [-0.15, -0.1) is 0 Å². The number of rotatable bonds is 5. The summed E-state index contributed by atoms with van der Waals surface area (Å²) in [5.74, 6) is 1.50. The number of allylic oxidation sites excluding steroid dienone is 2. The molecule has 2 aromatic heterocycles. The molecular formula is C27H25N3O5. The molecule has 0 aliphatic heterocycles. The standard InChI is InChI=1S/C27H25N3O5/c1-30(27(32)35-21-11-7-6-10-20(21)31)24-15-18-17-8-4-5-9-19(17)28-26(18)25(29-24)16-12-13-22(33-2)23(14-16)34-3/h4-5,8-9,11-15,28H,6-7,10H2,1-3H3. The molecule has 8 nitrogen and oxygen atoms in total.